The molecule has 7 aromatic carbocycles. The van der Waals surface area contributed by atoms with E-state index in [1.807, 2.05) is 42.5 Å². The molecule has 0 aliphatic carbocycles. The maximum Gasteiger partial charge on any atom is 0.160 e. The number of benzene rings is 7. The summed E-state index contributed by atoms with van der Waals surface area (Å²) in [5.41, 5.74) is 14.0. The normalized spacial score (nSPS) is 13.0. The highest BCUT2D eigenvalue weighted by atomic mass is 32.2. The minimum atomic E-state index is -0.190. The van der Waals surface area contributed by atoms with Gasteiger partial charge in [-0.3, -0.25) is 0 Å². The monoisotopic (exact) mass is 723 g/mol. The van der Waals surface area contributed by atoms with Crippen molar-refractivity contribution < 1.29 is 4.42 Å². The van der Waals surface area contributed by atoms with Gasteiger partial charge in [-0.2, -0.15) is 5.26 Å². The van der Waals surface area contributed by atoms with Crippen LogP contribution >= 0.6 is 11.8 Å². The first-order valence-corrected chi connectivity index (χ1v) is 19.2. The quantitative estimate of drug-likeness (QED) is 0.177. The third kappa shape index (κ3) is 5.71. The van der Waals surface area contributed by atoms with Crippen molar-refractivity contribution in [1.82, 2.24) is 9.97 Å². The zero-order chi connectivity index (χ0) is 37.1. The molecule has 0 N–H and O–H groups in total. The second kappa shape index (κ2) is 13.0. The van der Waals surface area contributed by atoms with Crippen molar-refractivity contribution in [1.29, 1.82) is 5.26 Å². The molecule has 10 rings (SSSR count). The Morgan fingerprint density at radius 2 is 1.18 bits per heavy atom. The molecule has 1 aliphatic rings. The maximum atomic E-state index is 9.47. The van der Waals surface area contributed by atoms with Gasteiger partial charge in [-0.1, -0.05) is 153 Å². The predicted octanol–water partition coefficient (Wildman–Crippen LogP) is 13.4. The third-order valence-electron chi connectivity index (χ3n) is 10.8. The van der Waals surface area contributed by atoms with Crippen LogP contribution in [0.15, 0.2) is 178 Å². The fourth-order valence-electron chi connectivity index (χ4n) is 7.83. The van der Waals surface area contributed by atoms with Crippen molar-refractivity contribution in [3.63, 3.8) is 0 Å². The highest BCUT2D eigenvalue weighted by Crippen LogP contribution is 2.50. The molecule has 2 aromatic heterocycles. The smallest absolute Gasteiger partial charge is 0.160 e. The maximum absolute atomic E-state index is 9.47. The summed E-state index contributed by atoms with van der Waals surface area (Å²) < 4.78 is 6.34. The lowest BCUT2D eigenvalue weighted by atomic mass is 9.76. The first-order chi connectivity index (χ1) is 26.9. The van der Waals surface area contributed by atoms with Gasteiger partial charge in [0.2, 0.25) is 0 Å². The number of nitrogens with zero attached hydrogens (tertiary/aromatic N) is 3. The second-order valence-electron chi connectivity index (χ2n) is 14.5. The van der Waals surface area contributed by atoms with Crippen molar-refractivity contribution in [2.24, 2.45) is 0 Å². The minimum absolute atomic E-state index is 0.190. The number of para-hydroxylation sites is 2. The van der Waals surface area contributed by atoms with Crippen LogP contribution in [0.3, 0.4) is 0 Å². The molecule has 0 unspecified atom stereocenters. The average molecular weight is 724 g/mol. The Hall–Kier alpha value is -6.74. The fourth-order valence-corrected chi connectivity index (χ4v) is 9.25. The summed E-state index contributed by atoms with van der Waals surface area (Å²) in [7, 11) is 0. The van der Waals surface area contributed by atoms with Crippen LogP contribution in [0.1, 0.15) is 30.5 Å². The van der Waals surface area contributed by atoms with Crippen LogP contribution in [0.4, 0.5) is 0 Å². The SMILES string of the molecule is CC1(C)c2ccc(C#N)cc2Sc2ccc(-c3ccc(-c4cc(-c5ccc(-c6cccc7c6oc6ccccc67)cc5)nc(-c5ccccc5)n4)cc3)cc21. The summed E-state index contributed by atoms with van der Waals surface area (Å²) in [4.78, 5) is 12.6. The lowest BCUT2D eigenvalue weighted by molar-refractivity contribution is 0.607. The molecule has 1 aliphatic heterocycles. The molecule has 260 valence electrons. The van der Waals surface area contributed by atoms with E-state index in [1.165, 1.54) is 21.6 Å². The summed E-state index contributed by atoms with van der Waals surface area (Å²) in [5.74, 6) is 0.685. The van der Waals surface area contributed by atoms with E-state index in [0.29, 0.717) is 11.4 Å². The number of hydrogen-bond acceptors (Lipinski definition) is 5. The number of hydrogen-bond donors (Lipinski definition) is 0. The molecule has 0 saturated heterocycles. The largest absolute Gasteiger partial charge is 0.455 e. The molecule has 0 fully saturated rings. The van der Waals surface area contributed by atoms with Crippen LogP contribution in [0.5, 0.6) is 0 Å². The van der Waals surface area contributed by atoms with Crippen LogP contribution in [-0.2, 0) is 5.41 Å². The Kier molecular flexibility index (Phi) is 7.76. The number of rotatable bonds is 5. The first kappa shape index (κ1) is 32.9. The molecule has 9 aromatic rings. The molecule has 4 nitrogen and oxygen atoms in total. The minimum Gasteiger partial charge on any atom is -0.455 e. The van der Waals surface area contributed by atoms with E-state index in [-0.39, 0.29) is 5.41 Å². The number of fused-ring (bicyclic) bond motifs is 5. The van der Waals surface area contributed by atoms with Gasteiger partial charge in [0.15, 0.2) is 5.82 Å². The average Bonchev–Trinajstić information content (AvgIpc) is 3.63. The van der Waals surface area contributed by atoms with Crippen molar-refractivity contribution in [2.45, 2.75) is 29.1 Å². The van der Waals surface area contributed by atoms with Gasteiger partial charge in [-0.25, -0.2) is 9.97 Å². The van der Waals surface area contributed by atoms with Gasteiger partial charge >= 0.3 is 0 Å². The molecule has 0 spiro atoms. The first-order valence-electron chi connectivity index (χ1n) is 18.4. The van der Waals surface area contributed by atoms with Gasteiger partial charge in [-0.05, 0) is 64.2 Å². The third-order valence-corrected chi connectivity index (χ3v) is 12.0. The number of aromatic nitrogens is 2. The number of nitriles is 1. The van der Waals surface area contributed by atoms with Crippen LogP contribution < -0.4 is 0 Å². The van der Waals surface area contributed by atoms with Crippen LogP contribution in [0, 0.1) is 11.3 Å². The predicted molar refractivity (Wildman–Crippen MR) is 224 cm³/mol. The Morgan fingerprint density at radius 1 is 0.527 bits per heavy atom. The van der Waals surface area contributed by atoms with Gasteiger partial charge in [0.25, 0.3) is 0 Å². The van der Waals surface area contributed by atoms with E-state index in [9.17, 15) is 5.26 Å². The zero-order valence-electron chi connectivity index (χ0n) is 30.2. The lowest BCUT2D eigenvalue weighted by Crippen LogP contribution is -2.23. The standard InChI is InChI=1S/C50H33N3OS/c1-50(2)41-25-15-31(30-51)27-47(41)55-46-26-24-37(28-42(46)50)32-16-20-34(21-17-32)43-29-44(53-49(52-43)36-9-4-3-5-10-36)35-22-18-33(19-23-35)38-12-8-13-40-39-11-6-7-14-45(39)54-48(38)40/h3-29H,1-2H3. The van der Waals surface area contributed by atoms with Crippen LogP contribution in [0.2, 0.25) is 0 Å². The van der Waals surface area contributed by atoms with E-state index >= 15 is 0 Å². The molecule has 0 radical (unpaired) electrons. The summed E-state index contributed by atoms with van der Waals surface area (Å²) >= 11 is 1.75. The highest BCUT2D eigenvalue weighted by molar-refractivity contribution is 7.99. The summed E-state index contributed by atoms with van der Waals surface area (Å²) in [6, 6.07) is 59.1. The van der Waals surface area contributed by atoms with E-state index in [4.69, 9.17) is 14.4 Å². The van der Waals surface area contributed by atoms with Gasteiger partial charge in [0, 0.05) is 48.2 Å². The van der Waals surface area contributed by atoms with Crippen molar-refractivity contribution in [2.75, 3.05) is 0 Å². The summed E-state index contributed by atoms with van der Waals surface area (Å²) in [5, 5.41) is 11.7. The second-order valence-corrected chi connectivity index (χ2v) is 15.6. The van der Waals surface area contributed by atoms with Gasteiger partial charge < -0.3 is 4.42 Å². The Labute approximate surface area is 323 Å². The summed E-state index contributed by atoms with van der Waals surface area (Å²) in [6.45, 7) is 4.55. The van der Waals surface area contributed by atoms with E-state index in [2.05, 4.69) is 141 Å². The lowest BCUT2D eigenvalue weighted by Gasteiger charge is -2.35. The molecule has 0 atom stereocenters. The van der Waals surface area contributed by atoms with Crippen LogP contribution in [-0.4, -0.2) is 9.97 Å². The van der Waals surface area contributed by atoms with Crippen LogP contribution in [0.25, 0.3) is 78.1 Å². The van der Waals surface area contributed by atoms with E-state index in [1.54, 1.807) is 11.8 Å². The molecule has 0 saturated carbocycles. The highest BCUT2D eigenvalue weighted by Gasteiger charge is 2.33. The Morgan fingerprint density at radius 3 is 1.93 bits per heavy atom. The molecule has 5 heteroatoms. The molecule has 3 heterocycles. The van der Waals surface area contributed by atoms with Gasteiger partial charge in [-0.15, -0.1) is 0 Å². The molecular weight excluding hydrogens is 691 g/mol. The molecule has 0 bridgehead atoms. The van der Waals surface area contributed by atoms with E-state index in [0.717, 1.165) is 71.6 Å². The van der Waals surface area contributed by atoms with E-state index < -0.39 is 0 Å². The topological polar surface area (TPSA) is 62.7 Å². The summed E-state index contributed by atoms with van der Waals surface area (Å²) in [6.07, 6.45) is 0. The Bertz CT molecular complexity index is 2970. The molecular formula is C50H33N3OS. The fraction of sp³-hybridized carbons (Fsp3) is 0.0600. The van der Waals surface area contributed by atoms with Crippen molar-refractivity contribution in [3.05, 3.63) is 180 Å². The Balaban J connectivity index is 0.993. The van der Waals surface area contributed by atoms with Crippen molar-refractivity contribution >= 4 is 33.7 Å². The number of furan rings is 1. The van der Waals surface area contributed by atoms with Gasteiger partial charge in [0.1, 0.15) is 11.2 Å². The zero-order valence-corrected chi connectivity index (χ0v) is 31.1. The van der Waals surface area contributed by atoms with Gasteiger partial charge in [0.05, 0.1) is 23.0 Å². The molecule has 55 heavy (non-hydrogen) atoms. The molecule has 0 amide bonds. The van der Waals surface area contributed by atoms with Crippen molar-refractivity contribution in [3.8, 4) is 62.2 Å².